The number of carbonyl (C=O) groups excluding carboxylic acids is 1. The van der Waals surface area contributed by atoms with Crippen LogP contribution in [0.4, 0.5) is 0 Å². The molecule has 0 saturated heterocycles. The van der Waals surface area contributed by atoms with Crippen LogP contribution < -0.4 is 11.1 Å². The van der Waals surface area contributed by atoms with Gasteiger partial charge in [0.1, 0.15) is 0 Å². The average Bonchev–Trinajstić information content (AvgIpc) is 2.86. The van der Waals surface area contributed by atoms with Crippen molar-refractivity contribution in [2.24, 2.45) is 11.7 Å². The quantitative estimate of drug-likeness (QED) is 0.893. The number of amides is 1. The molecule has 1 aliphatic rings. The predicted molar refractivity (Wildman–Crippen MR) is 83.1 cm³/mol. The summed E-state index contributed by atoms with van der Waals surface area (Å²) >= 11 is 1.62. The third-order valence-electron chi connectivity index (χ3n) is 3.29. The van der Waals surface area contributed by atoms with Crippen molar-refractivity contribution in [1.29, 1.82) is 0 Å². The van der Waals surface area contributed by atoms with Crippen molar-refractivity contribution in [3.8, 4) is 0 Å². The highest BCUT2D eigenvalue weighted by Crippen LogP contribution is 2.26. The van der Waals surface area contributed by atoms with Crippen LogP contribution >= 0.6 is 36.2 Å². The fraction of sp³-hybridized carbons (Fsp3) is 0.667. The van der Waals surface area contributed by atoms with Gasteiger partial charge >= 0.3 is 0 Å². The molecule has 2 rings (SSSR count). The molecule has 3 N–H and O–H groups in total. The third-order valence-corrected chi connectivity index (χ3v) is 4.21. The van der Waals surface area contributed by atoms with Crippen LogP contribution in [0.1, 0.15) is 35.6 Å². The minimum absolute atomic E-state index is 0. The van der Waals surface area contributed by atoms with Gasteiger partial charge in [-0.05, 0) is 25.7 Å². The van der Waals surface area contributed by atoms with Crippen LogP contribution in [0, 0.1) is 12.8 Å². The summed E-state index contributed by atoms with van der Waals surface area (Å²) in [6.07, 6.45) is 5.70. The van der Waals surface area contributed by atoms with Gasteiger partial charge in [-0.3, -0.25) is 4.79 Å². The van der Waals surface area contributed by atoms with E-state index in [9.17, 15) is 4.79 Å². The molecule has 0 radical (unpaired) electrons. The van der Waals surface area contributed by atoms with Gasteiger partial charge < -0.3 is 11.1 Å². The Kier molecular flexibility index (Phi) is 8.57. The van der Waals surface area contributed by atoms with E-state index in [-0.39, 0.29) is 36.8 Å². The summed E-state index contributed by atoms with van der Waals surface area (Å²) in [4.78, 5) is 17.0. The van der Waals surface area contributed by atoms with E-state index in [1.54, 1.807) is 11.3 Å². The maximum Gasteiger partial charge on any atom is 0.220 e. The number of thiazole rings is 1. The topological polar surface area (TPSA) is 68.0 Å². The van der Waals surface area contributed by atoms with E-state index in [0.29, 0.717) is 18.9 Å². The van der Waals surface area contributed by atoms with Gasteiger partial charge in [-0.25, -0.2) is 4.98 Å². The Morgan fingerprint density at radius 1 is 1.53 bits per heavy atom. The second-order valence-electron chi connectivity index (χ2n) is 4.68. The third kappa shape index (κ3) is 5.65. The van der Waals surface area contributed by atoms with E-state index in [0.717, 1.165) is 29.1 Å². The van der Waals surface area contributed by atoms with Gasteiger partial charge in [0.25, 0.3) is 0 Å². The number of hydrogen-bond acceptors (Lipinski definition) is 4. The van der Waals surface area contributed by atoms with Crippen molar-refractivity contribution < 1.29 is 4.79 Å². The molecule has 110 valence electrons. The molecule has 1 saturated carbocycles. The first-order chi connectivity index (χ1) is 8.15. The molecule has 19 heavy (non-hydrogen) atoms. The van der Waals surface area contributed by atoms with Gasteiger partial charge in [0.15, 0.2) is 0 Å². The molecule has 1 heterocycles. The fourth-order valence-corrected chi connectivity index (χ4v) is 3.04. The summed E-state index contributed by atoms with van der Waals surface area (Å²) in [5.41, 5.74) is 5.95. The Hall–Kier alpha value is -0.360. The number of aryl methyl sites for hydroxylation is 1. The molecule has 1 aliphatic carbocycles. The fourth-order valence-electron chi connectivity index (χ4n) is 2.30. The highest BCUT2D eigenvalue weighted by Gasteiger charge is 2.25. The lowest BCUT2D eigenvalue weighted by Crippen LogP contribution is -2.31. The lowest BCUT2D eigenvalue weighted by Gasteiger charge is -2.14. The van der Waals surface area contributed by atoms with Crippen molar-refractivity contribution in [2.75, 3.05) is 0 Å². The standard InChI is InChI=1S/C12H19N3OS.2ClH/c1-8-14-6-10(17-8)7-15-12(16)5-9-3-2-4-11(9)13;;/h6,9,11H,2-5,7,13H2,1H3,(H,15,16);2*1H/t9-,11+;;/m0../s1. The molecule has 0 spiro atoms. The molecule has 4 nitrogen and oxygen atoms in total. The van der Waals surface area contributed by atoms with Crippen molar-refractivity contribution in [3.63, 3.8) is 0 Å². The van der Waals surface area contributed by atoms with E-state index in [4.69, 9.17) is 5.73 Å². The summed E-state index contributed by atoms with van der Waals surface area (Å²) in [6.45, 7) is 2.56. The molecule has 0 aromatic carbocycles. The molecule has 0 unspecified atom stereocenters. The molecule has 0 bridgehead atoms. The first kappa shape index (κ1) is 18.6. The van der Waals surface area contributed by atoms with Gasteiger partial charge in [0.2, 0.25) is 5.91 Å². The summed E-state index contributed by atoms with van der Waals surface area (Å²) in [7, 11) is 0. The van der Waals surface area contributed by atoms with Gasteiger partial charge in [-0.15, -0.1) is 36.2 Å². The van der Waals surface area contributed by atoms with Crippen LogP contribution in [0.15, 0.2) is 6.20 Å². The largest absolute Gasteiger partial charge is 0.351 e. The number of carbonyl (C=O) groups is 1. The smallest absolute Gasteiger partial charge is 0.220 e. The molecule has 2 atom stereocenters. The SMILES string of the molecule is Cc1ncc(CNC(=O)C[C@@H]2CCC[C@H]2N)s1.Cl.Cl. The molecular formula is C12H21Cl2N3OS. The summed E-state index contributed by atoms with van der Waals surface area (Å²) in [5, 5.41) is 3.97. The van der Waals surface area contributed by atoms with E-state index in [1.807, 2.05) is 13.1 Å². The predicted octanol–water partition coefficient (Wildman–Crippen LogP) is 2.43. The first-order valence-electron chi connectivity index (χ1n) is 6.08. The zero-order chi connectivity index (χ0) is 12.3. The number of rotatable bonds is 4. The molecule has 1 aromatic rings. The molecule has 0 aliphatic heterocycles. The van der Waals surface area contributed by atoms with Gasteiger partial charge in [-0.1, -0.05) is 6.42 Å². The van der Waals surface area contributed by atoms with E-state index in [2.05, 4.69) is 10.3 Å². The zero-order valence-electron chi connectivity index (χ0n) is 10.9. The number of hydrogen-bond donors (Lipinski definition) is 2. The Morgan fingerprint density at radius 2 is 2.26 bits per heavy atom. The molecule has 1 amide bonds. The number of nitrogens with two attached hydrogens (primary N) is 1. The van der Waals surface area contributed by atoms with Crippen LogP contribution in [0.25, 0.3) is 0 Å². The highest BCUT2D eigenvalue weighted by molar-refractivity contribution is 7.11. The van der Waals surface area contributed by atoms with Crippen molar-refractivity contribution in [1.82, 2.24) is 10.3 Å². The maximum absolute atomic E-state index is 11.7. The minimum Gasteiger partial charge on any atom is -0.351 e. The Labute approximate surface area is 130 Å². The zero-order valence-corrected chi connectivity index (χ0v) is 13.4. The average molecular weight is 326 g/mol. The summed E-state index contributed by atoms with van der Waals surface area (Å²) < 4.78 is 0. The first-order valence-corrected chi connectivity index (χ1v) is 6.90. The Bertz CT molecular complexity index is 400. The number of halogens is 2. The second-order valence-corrected chi connectivity index (χ2v) is 6.00. The van der Waals surface area contributed by atoms with E-state index >= 15 is 0 Å². The van der Waals surface area contributed by atoms with Crippen LogP contribution in [0.3, 0.4) is 0 Å². The Morgan fingerprint density at radius 3 is 2.79 bits per heavy atom. The lowest BCUT2D eigenvalue weighted by molar-refractivity contribution is -0.122. The van der Waals surface area contributed by atoms with Gasteiger partial charge in [0.05, 0.1) is 11.6 Å². The number of nitrogens with zero attached hydrogens (tertiary/aromatic N) is 1. The van der Waals surface area contributed by atoms with Crippen LogP contribution in [0.5, 0.6) is 0 Å². The molecule has 1 fully saturated rings. The van der Waals surface area contributed by atoms with Gasteiger partial charge in [-0.2, -0.15) is 0 Å². The Balaban J connectivity index is 0.00000162. The van der Waals surface area contributed by atoms with E-state index < -0.39 is 0 Å². The van der Waals surface area contributed by atoms with Crippen molar-refractivity contribution >= 4 is 42.1 Å². The van der Waals surface area contributed by atoms with Gasteiger partial charge in [0, 0.05) is 23.5 Å². The number of nitrogens with one attached hydrogen (secondary N) is 1. The van der Waals surface area contributed by atoms with E-state index in [1.165, 1.54) is 0 Å². The van der Waals surface area contributed by atoms with Crippen LogP contribution in [-0.2, 0) is 11.3 Å². The lowest BCUT2D eigenvalue weighted by atomic mass is 10.00. The molecular weight excluding hydrogens is 305 g/mol. The van der Waals surface area contributed by atoms with Crippen molar-refractivity contribution in [2.45, 2.75) is 45.2 Å². The summed E-state index contributed by atoms with van der Waals surface area (Å²) in [6, 6.07) is 0.214. The monoisotopic (exact) mass is 325 g/mol. The van der Waals surface area contributed by atoms with Crippen molar-refractivity contribution in [3.05, 3.63) is 16.1 Å². The number of aromatic nitrogens is 1. The van der Waals surface area contributed by atoms with Crippen LogP contribution in [-0.4, -0.2) is 16.9 Å². The minimum atomic E-state index is 0. The normalized spacial score (nSPS) is 21.4. The maximum atomic E-state index is 11.7. The molecule has 7 heteroatoms. The van der Waals surface area contributed by atoms with Crippen LogP contribution in [0.2, 0.25) is 0 Å². The second kappa shape index (κ2) is 8.74. The summed E-state index contributed by atoms with van der Waals surface area (Å²) in [5.74, 6) is 0.483. The molecule has 1 aromatic heterocycles. The highest BCUT2D eigenvalue weighted by atomic mass is 35.5.